The van der Waals surface area contributed by atoms with Crippen molar-refractivity contribution in [2.24, 2.45) is 0 Å². The molecule has 0 radical (unpaired) electrons. The van der Waals surface area contributed by atoms with Crippen LogP contribution < -0.4 is 4.74 Å². The van der Waals surface area contributed by atoms with Crippen LogP contribution in [-0.4, -0.2) is 32.4 Å². The third-order valence-corrected chi connectivity index (χ3v) is 5.49. The van der Waals surface area contributed by atoms with Crippen LogP contribution in [0.5, 0.6) is 5.75 Å². The first-order chi connectivity index (χ1) is 13.4. The van der Waals surface area contributed by atoms with E-state index in [1.54, 1.807) is 12.3 Å². The molecule has 0 bridgehead atoms. The van der Waals surface area contributed by atoms with E-state index in [1.165, 1.54) is 41.7 Å². The molecule has 3 aromatic rings. The van der Waals surface area contributed by atoms with Crippen LogP contribution in [0.15, 0.2) is 52.8 Å². The molecule has 0 N–H and O–H groups in total. The van der Waals surface area contributed by atoms with Gasteiger partial charge in [0.05, 0.1) is 5.56 Å². The highest BCUT2D eigenvalue weighted by atomic mass is 32.2. The average Bonchev–Trinajstić information content (AvgIpc) is 3.08. The number of nitrogens with zero attached hydrogens (tertiary/aromatic N) is 4. The Bertz CT molecular complexity index is 947. The van der Waals surface area contributed by atoms with Gasteiger partial charge in [-0.05, 0) is 43.0 Å². The van der Waals surface area contributed by atoms with Crippen molar-refractivity contribution >= 4 is 23.5 Å². The van der Waals surface area contributed by atoms with Gasteiger partial charge in [-0.15, -0.1) is 35.1 Å². The zero-order valence-corrected chi connectivity index (χ0v) is 16.7. The largest absolute Gasteiger partial charge is 0.573 e. The maximum atomic E-state index is 12.4. The van der Waals surface area contributed by atoms with Crippen molar-refractivity contribution < 1.29 is 17.9 Å². The Hall–Kier alpha value is -2.20. The maximum Gasteiger partial charge on any atom is 0.573 e. The van der Waals surface area contributed by atoms with Crippen molar-refractivity contribution in [3.05, 3.63) is 48.2 Å². The van der Waals surface area contributed by atoms with Crippen LogP contribution in [0.25, 0.3) is 11.4 Å². The van der Waals surface area contributed by atoms with Crippen molar-refractivity contribution in [1.29, 1.82) is 0 Å². The van der Waals surface area contributed by atoms with Crippen molar-refractivity contribution in [2.45, 2.75) is 35.8 Å². The molecule has 0 saturated heterocycles. The number of alkyl halides is 3. The van der Waals surface area contributed by atoms with Crippen LogP contribution in [-0.2, 0) is 12.3 Å². The normalized spacial score (nSPS) is 11.6. The van der Waals surface area contributed by atoms with Gasteiger partial charge < -0.3 is 9.30 Å². The first-order valence-corrected chi connectivity index (χ1v) is 10.5. The third kappa shape index (κ3) is 4.99. The second kappa shape index (κ2) is 8.87. The average molecular weight is 426 g/mol. The SMILES string of the molecule is CCn1c(SCc2cccc(OC(F)(F)F)c2)nnc1-c1cccnc1SC. The molecule has 1 aromatic carbocycles. The highest BCUT2D eigenvalue weighted by molar-refractivity contribution is 7.98. The number of hydrogen-bond donors (Lipinski definition) is 0. The molecule has 0 aliphatic rings. The highest BCUT2D eigenvalue weighted by Gasteiger charge is 2.31. The summed E-state index contributed by atoms with van der Waals surface area (Å²) in [6, 6.07) is 9.73. The predicted molar refractivity (Wildman–Crippen MR) is 103 cm³/mol. The van der Waals surface area contributed by atoms with E-state index in [2.05, 4.69) is 19.9 Å². The summed E-state index contributed by atoms with van der Waals surface area (Å²) in [5.74, 6) is 0.926. The number of thioether (sulfide) groups is 2. The summed E-state index contributed by atoms with van der Waals surface area (Å²) in [5.41, 5.74) is 1.60. The standard InChI is InChI=1S/C18H17F3N4OS2/c1-3-25-15(14-8-5-9-22-16(14)27-2)23-24-17(25)28-11-12-6-4-7-13(10-12)26-18(19,20)21/h4-10H,3,11H2,1-2H3. The summed E-state index contributed by atoms with van der Waals surface area (Å²) in [4.78, 5) is 4.36. The van der Waals surface area contributed by atoms with E-state index in [9.17, 15) is 13.2 Å². The Balaban J connectivity index is 1.79. The molecule has 2 heterocycles. The Kier molecular flexibility index (Phi) is 6.50. The molecule has 0 fully saturated rings. The molecule has 0 unspecified atom stereocenters. The van der Waals surface area contributed by atoms with Gasteiger partial charge in [-0.2, -0.15) is 0 Å². The summed E-state index contributed by atoms with van der Waals surface area (Å²) < 4.78 is 43.1. The van der Waals surface area contributed by atoms with E-state index >= 15 is 0 Å². The molecule has 0 saturated carbocycles. The van der Waals surface area contributed by atoms with Crippen molar-refractivity contribution in [3.8, 4) is 17.1 Å². The lowest BCUT2D eigenvalue weighted by atomic mass is 10.2. The van der Waals surface area contributed by atoms with E-state index in [4.69, 9.17) is 0 Å². The number of pyridine rings is 1. The highest BCUT2D eigenvalue weighted by Crippen LogP contribution is 2.31. The Labute approximate surface area is 168 Å². The molecule has 0 aliphatic heterocycles. The second-order valence-electron chi connectivity index (χ2n) is 5.59. The molecule has 0 aliphatic carbocycles. The number of aromatic nitrogens is 4. The molecule has 3 rings (SSSR count). The molecule has 0 spiro atoms. The molecule has 0 amide bonds. The molecule has 148 valence electrons. The smallest absolute Gasteiger partial charge is 0.406 e. The van der Waals surface area contributed by atoms with E-state index in [0.717, 1.165) is 16.4 Å². The number of benzene rings is 1. The van der Waals surface area contributed by atoms with E-state index in [-0.39, 0.29) is 5.75 Å². The van der Waals surface area contributed by atoms with E-state index < -0.39 is 6.36 Å². The molecule has 2 aromatic heterocycles. The Morgan fingerprint density at radius 1 is 1.14 bits per heavy atom. The molecule has 5 nitrogen and oxygen atoms in total. The fourth-order valence-electron chi connectivity index (χ4n) is 2.58. The van der Waals surface area contributed by atoms with Gasteiger partial charge in [0.1, 0.15) is 10.8 Å². The molecule has 28 heavy (non-hydrogen) atoms. The molecular weight excluding hydrogens is 409 g/mol. The molecule has 0 atom stereocenters. The van der Waals surface area contributed by atoms with Crippen LogP contribution in [0.4, 0.5) is 13.2 Å². The summed E-state index contributed by atoms with van der Waals surface area (Å²) in [6.45, 7) is 2.65. The minimum Gasteiger partial charge on any atom is -0.406 e. The van der Waals surface area contributed by atoms with Gasteiger partial charge in [0.2, 0.25) is 0 Å². The van der Waals surface area contributed by atoms with Crippen LogP contribution in [0.1, 0.15) is 12.5 Å². The number of rotatable bonds is 7. The van der Waals surface area contributed by atoms with Gasteiger partial charge in [0.15, 0.2) is 11.0 Å². The quantitative estimate of drug-likeness (QED) is 0.480. The minimum absolute atomic E-state index is 0.233. The van der Waals surface area contributed by atoms with Gasteiger partial charge in [-0.3, -0.25) is 0 Å². The van der Waals surface area contributed by atoms with Crippen LogP contribution in [0.2, 0.25) is 0 Å². The Morgan fingerprint density at radius 3 is 2.68 bits per heavy atom. The Morgan fingerprint density at radius 2 is 1.96 bits per heavy atom. The summed E-state index contributed by atoms with van der Waals surface area (Å²) in [6.07, 6.45) is -1.03. The lowest BCUT2D eigenvalue weighted by Crippen LogP contribution is -2.17. The molecule has 10 heteroatoms. The second-order valence-corrected chi connectivity index (χ2v) is 7.33. The molecular formula is C18H17F3N4OS2. The van der Waals surface area contributed by atoms with E-state index in [0.29, 0.717) is 23.0 Å². The minimum atomic E-state index is -4.71. The monoisotopic (exact) mass is 426 g/mol. The number of halogens is 3. The van der Waals surface area contributed by atoms with Gasteiger partial charge in [-0.1, -0.05) is 23.9 Å². The first kappa shape index (κ1) is 20.5. The topological polar surface area (TPSA) is 52.8 Å². The van der Waals surface area contributed by atoms with Gasteiger partial charge >= 0.3 is 6.36 Å². The fraction of sp³-hybridized carbons (Fsp3) is 0.278. The van der Waals surface area contributed by atoms with Crippen molar-refractivity contribution in [3.63, 3.8) is 0 Å². The number of hydrogen-bond acceptors (Lipinski definition) is 6. The van der Waals surface area contributed by atoms with E-state index in [1.807, 2.05) is 29.9 Å². The summed E-state index contributed by atoms with van der Waals surface area (Å²) in [5, 5.41) is 10.1. The van der Waals surface area contributed by atoms with Crippen LogP contribution in [0, 0.1) is 0 Å². The lowest BCUT2D eigenvalue weighted by molar-refractivity contribution is -0.274. The van der Waals surface area contributed by atoms with Crippen molar-refractivity contribution in [2.75, 3.05) is 6.26 Å². The summed E-state index contributed by atoms with van der Waals surface area (Å²) >= 11 is 2.94. The fourth-order valence-corrected chi connectivity index (χ4v) is 4.07. The van der Waals surface area contributed by atoms with Gasteiger partial charge in [0, 0.05) is 18.5 Å². The zero-order valence-electron chi connectivity index (χ0n) is 15.1. The van der Waals surface area contributed by atoms with Gasteiger partial charge in [0.25, 0.3) is 0 Å². The summed E-state index contributed by atoms with van der Waals surface area (Å²) in [7, 11) is 0. The lowest BCUT2D eigenvalue weighted by Gasteiger charge is -2.11. The maximum absolute atomic E-state index is 12.4. The third-order valence-electron chi connectivity index (χ3n) is 3.74. The first-order valence-electron chi connectivity index (χ1n) is 8.31. The zero-order chi connectivity index (χ0) is 20.1. The number of ether oxygens (including phenoxy) is 1. The van der Waals surface area contributed by atoms with Gasteiger partial charge in [-0.25, -0.2) is 4.98 Å². The van der Waals surface area contributed by atoms with Crippen molar-refractivity contribution in [1.82, 2.24) is 19.7 Å². The predicted octanol–water partition coefficient (Wildman–Crippen LogP) is 5.27. The van der Waals surface area contributed by atoms with Crippen LogP contribution in [0.3, 0.4) is 0 Å². The van der Waals surface area contributed by atoms with Crippen LogP contribution >= 0.6 is 23.5 Å².